The monoisotopic (exact) mass is 309 g/mol. The molecule has 0 amide bonds. The summed E-state index contributed by atoms with van der Waals surface area (Å²) in [6.07, 6.45) is 3.85. The molecule has 4 rings (SSSR count). The number of fused-ring (bicyclic) bond motifs is 1. The number of esters is 1. The van der Waals surface area contributed by atoms with Gasteiger partial charge in [-0.2, -0.15) is 0 Å². The fraction of sp³-hybridized carbons (Fsp3) is 0.294. The molecule has 6 nitrogen and oxygen atoms in total. The molecule has 0 N–H and O–H groups in total. The van der Waals surface area contributed by atoms with E-state index in [1.807, 2.05) is 24.3 Å². The van der Waals surface area contributed by atoms with Crippen molar-refractivity contribution in [1.82, 2.24) is 15.1 Å². The molecular formula is C17H15N3O3. The van der Waals surface area contributed by atoms with Crippen LogP contribution in [0.25, 0.3) is 11.1 Å². The van der Waals surface area contributed by atoms with E-state index in [1.165, 1.54) is 0 Å². The van der Waals surface area contributed by atoms with Crippen LogP contribution < -0.4 is 0 Å². The average molecular weight is 309 g/mol. The second kappa shape index (κ2) is 5.46. The van der Waals surface area contributed by atoms with E-state index in [-0.39, 0.29) is 6.61 Å². The molecule has 1 aliphatic carbocycles. The van der Waals surface area contributed by atoms with Crippen LogP contribution in [0.4, 0.5) is 0 Å². The minimum atomic E-state index is -0.406. The third kappa shape index (κ3) is 2.67. The van der Waals surface area contributed by atoms with Crippen molar-refractivity contribution in [2.45, 2.75) is 32.3 Å². The van der Waals surface area contributed by atoms with Crippen molar-refractivity contribution in [2.24, 2.45) is 0 Å². The molecule has 1 fully saturated rings. The highest BCUT2D eigenvalue weighted by molar-refractivity contribution is 6.03. The summed E-state index contributed by atoms with van der Waals surface area (Å²) >= 11 is 0. The van der Waals surface area contributed by atoms with E-state index in [1.54, 1.807) is 13.1 Å². The van der Waals surface area contributed by atoms with Gasteiger partial charge in [0.2, 0.25) is 0 Å². The molecule has 3 aromatic rings. The highest BCUT2D eigenvalue weighted by Crippen LogP contribution is 2.40. The van der Waals surface area contributed by atoms with Gasteiger partial charge in [-0.1, -0.05) is 11.2 Å². The lowest BCUT2D eigenvalue weighted by molar-refractivity contribution is 0.0470. The van der Waals surface area contributed by atoms with Gasteiger partial charge in [-0.25, -0.2) is 9.78 Å². The number of aryl methyl sites for hydroxylation is 1. The SMILES string of the molecule is Cc1noc2nc(C3CC3)cc(C(=O)OCc3ccccn3)c12. The van der Waals surface area contributed by atoms with Crippen LogP contribution in [0.3, 0.4) is 0 Å². The summed E-state index contributed by atoms with van der Waals surface area (Å²) in [5.74, 6) is 0.00315. The normalized spacial score (nSPS) is 14.1. The first-order chi connectivity index (χ1) is 11.2. The molecule has 0 atom stereocenters. The fourth-order valence-electron chi connectivity index (χ4n) is 2.56. The topological polar surface area (TPSA) is 78.1 Å². The van der Waals surface area contributed by atoms with E-state index in [4.69, 9.17) is 9.26 Å². The molecule has 116 valence electrons. The van der Waals surface area contributed by atoms with Gasteiger partial charge in [-0.15, -0.1) is 0 Å². The summed E-state index contributed by atoms with van der Waals surface area (Å²) in [5, 5.41) is 4.55. The van der Waals surface area contributed by atoms with Gasteiger partial charge in [0, 0.05) is 17.8 Å². The Balaban J connectivity index is 1.66. The van der Waals surface area contributed by atoms with Crippen LogP contribution in [0, 0.1) is 6.92 Å². The van der Waals surface area contributed by atoms with Crippen LogP contribution in [-0.2, 0) is 11.3 Å². The van der Waals surface area contributed by atoms with Crippen molar-refractivity contribution >= 4 is 17.1 Å². The number of rotatable bonds is 4. The number of carbonyl (C=O) groups excluding carboxylic acids is 1. The van der Waals surface area contributed by atoms with E-state index in [0.29, 0.717) is 34.0 Å². The summed E-state index contributed by atoms with van der Waals surface area (Å²) in [6, 6.07) is 7.30. The molecule has 3 heterocycles. The predicted molar refractivity (Wildman–Crippen MR) is 81.9 cm³/mol. The molecule has 0 spiro atoms. The minimum absolute atomic E-state index is 0.132. The molecule has 3 aromatic heterocycles. The number of hydrogen-bond acceptors (Lipinski definition) is 6. The molecular weight excluding hydrogens is 294 g/mol. The lowest BCUT2D eigenvalue weighted by Crippen LogP contribution is -2.08. The van der Waals surface area contributed by atoms with Crippen LogP contribution in [0.15, 0.2) is 35.0 Å². The predicted octanol–water partition coefficient (Wildman–Crippen LogP) is 3.16. The van der Waals surface area contributed by atoms with Gasteiger partial charge in [0.05, 0.1) is 22.3 Å². The molecule has 0 saturated heterocycles. The Labute approximate surface area is 132 Å². The average Bonchev–Trinajstić information content (AvgIpc) is 3.37. The molecule has 0 aliphatic heterocycles. The maximum Gasteiger partial charge on any atom is 0.339 e. The lowest BCUT2D eigenvalue weighted by atomic mass is 10.1. The Bertz CT molecular complexity index is 869. The quantitative estimate of drug-likeness (QED) is 0.689. The lowest BCUT2D eigenvalue weighted by Gasteiger charge is -2.07. The molecule has 1 saturated carbocycles. The zero-order chi connectivity index (χ0) is 15.8. The Morgan fingerprint density at radius 3 is 3.00 bits per heavy atom. The van der Waals surface area contributed by atoms with Crippen LogP contribution >= 0.6 is 0 Å². The second-order valence-electron chi connectivity index (χ2n) is 5.71. The van der Waals surface area contributed by atoms with E-state index < -0.39 is 5.97 Å². The first-order valence-electron chi connectivity index (χ1n) is 7.56. The van der Waals surface area contributed by atoms with Gasteiger partial charge in [-0.3, -0.25) is 4.98 Å². The van der Waals surface area contributed by atoms with E-state index in [2.05, 4.69) is 15.1 Å². The molecule has 1 aliphatic rings. The van der Waals surface area contributed by atoms with Crippen LogP contribution in [0.5, 0.6) is 0 Å². The number of aromatic nitrogens is 3. The molecule has 0 aromatic carbocycles. The molecule has 6 heteroatoms. The number of carbonyl (C=O) groups is 1. The van der Waals surface area contributed by atoms with Crippen LogP contribution in [0.1, 0.15) is 46.2 Å². The van der Waals surface area contributed by atoms with E-state index in [0.717, 1.165) is 18.5 Å². The summed E-state index contributed by atoms with van der Waals surface area (Å²) in [4.78, 5) is 21.1. The largest absolute Gasteiger partial charge is 0.456 e. The van der Waals surface area contributed by atoms with Crippen LogP contribution in [-0.4, -0.2) is 21.1 Å². The third-order valence-corrected chi connectivity index (χ3v) is 3.93. The van der Waals surface area contributed by atoms with Gasteiger partial charge in [0.25, 0.3) is 5.71 Å². The van der Waals surface area contributed by atoms with Gasteiger partial charge < -0.3 is 9.26 Å². The highest BCUT2D eigenvalue weighted by atomic mass is 16.5. The summed E-state index contributed by atoms with van der Waals surface area (Å²) in [7, 11) is 0. The molecule has 0 radical (unpaired) electrons. The third-order valence-electron chi connectivity index (χ3n) is 3.93. The maximum absolute atomic E-state index is 12.5. The van der Waals surface area contributed by atoms with Crippen molar-refractivity contribution in [3.63, 3.8) is 0 Å². The Hall–Kier alpha value is -2.76. The Morgan fingerprint density at radius 1 is 1.39 bits per heavy atom. The minimum Gasteiger partial charge on any atom is -0.456 e. The standard InChI is InChI=1S/C17H15N3O3/c1-10-15-13(17(21)22-9-12-4-2-3-7-18-12)8-14(11-5-6-11)19-16(15)23-20-10/h2-4,7-8,11H,5-6,9H2,1H3. The van der Waals surface area contributed by atoms with Crippen molar-refractivity contribution in [3.8, 4) is 0 Å². The maximum atomic E-state index is 12.5. The number of nitrogens with zero attached hydrogens (tertiary/aromatic N) is 3. The smallest absolute Gasteiger partial charge is 0.339 e. The Kier molecular flexibility index (Phi) is 3.29. The second-order valence-corrected chi connectivity index (χ2v) is 5.71. The number of ether oxygens (including phenoxy) is 1. The number of hydrogen-bond donors (Lipinski definition) is 0. The summed E-state index contributed by atoms with van der Waals surface area (Å²) in [6.45, 7) is 1.92. The zero-order valence-corrected chi connectivity index (χ0v) is 12.7. The van der Waals surface area contributed by atoms with E-state index >= 15 is 0 Å². The van der Waals surface area contributed by atoms with Crippen LogP contribution in [0.2, 0.25) is 0 Å². The Morgan fingerprint density at radius 2 is 2.26 bits per heavy atom. The molecule has 23 heavy (non-hydrogen) atoms. The first-order valence-corrected chi connectivity index (χ1v) is 7.56. The van der Waals surface area contributed by atoms with Gasteiger partial charge in [0.15, 0.2) is 0 Å². The van der Waals surface area contributed by atoms with Crippen molar-refractivity contribution < 1.29 is 14.1 Å². The van der Waals surface area contributed by atoms with Gasteiger partial charge in [-0.05, 0) is 38.0 Å². The molecule has 0 unspecified atom stereocenters. The van der Waals surface area contributed by atoms with Gasteiger partial charge in [0.1, 0.15) is 6.61 Å². The van der Waals surface area contributed by atoms with Crippen molar-refractivity contribution in [1.29, 1.82) is 0 Å². The first kappa shape index (κ1) is 13.9. The summed E-state index contributed by atoms with van der Waals surface area (Å²) < 4.78 is 10.6. The zero-order valence-electron chi connectivity index (χ0n) is 12.7. The number of pyridine rings is 2. The molecule has 0 bridgehead atoms. The fourth-order valence-corrected chi connectivity index (χ4v) is 2.56. The highest BCUT2D eigenvalue weighted by Gasteiger charge is 2.29. The van der Waals surface area contributed by atoms with Crippen molar-refractivity contribution in [2.75, 3.05) is 0 Å². The van der Waals surface area contributed by atoms with Gasteiger partial charge >= 0.3 is 5.97 Å². The van der Waals surface area contributed by atoms with Crippen molar-refractivity contribution in [3.05, 3.63) is 53.1 Å². The van der Waals surface area contributed by atoms with E-state index in [9.17, 15) is 4.79 Å². The summed E-state index contributed by atoms with van der Waals surface area (Å²) in [5.41, 5.74) is 3.08.